The minimum atomic E-state index is -0.561. The van der Waals surface area contributed by atoms with E-state index in [0.29, 0.717) is 22.9 Å². The van der Waals surface area contributed by atoms with Crippen molar-refractivity contribution in [3.05, 3.63) is 64.7 Å². The zero-order valence-corrected chi connectivity index (χ0v) is 13.4. The minimum Gasteiger partial charge on any atom is -0.489 e. The third-order valence-corrected chi connectivity index (χ3v) is 3.35. The highest BCUT2D eigenvalue weighted by Crippen LogP contribution is 2.17. The Hall–Kier alpha value is -2.53. The average Bonchev–Trinajstić information content (AvgIpc) is 2.52. The number of benzene rings is 2. The molecule has 2 amide bonds. The fourth-order valence-corrected chi connectivity index (χ4v) is 2.25. The molecule has 0 spiro atoms. The van der Waals surface area contributed by atoms with Gasteiger partial charge in [0.15, 0.2) is 0 Å². The van der Waals surface area contributed by atoms with Crippen molar-refractivity contribution in [3.63, 3.8) is 0 Å². The fraction of sp³-hybridized carbons (Fsp3) is 0.176. The lowest BCUT2D eigenvalue weighted by molar-refractivity contribution is -0.118. The van der Waals surface area contributed by atoms with Crippen molar-refractivity contribution in [2.24, 2.45) is 5.73 Å². The summed E-state index contributed by atoms with van der Waals surface area (Å²) in [6, 6.07) is 14.1. The number of rotatable bonds is 6. The number of halogens is 1. The van der Waals surface area contributed by atoms with Crippen LogP contribution in [0.2, 0.25) is 5.02 Å². The molecular formula is C17H17ClN2O3. The summed E-state index contributed by atoms with van der Waals surface area (Å²) in [6.07, 6.45) is 0. The van der Waals surface area contributed by atoms with E-state index in [9.17, 15) is 9.59 Å². The standard InChI is InChI=1S/C17H17ClN2O3/c1-20(10-16(19)21)17(22)13-5-3-7-15(9-13)23-11-12-4-2-6-14(18)8-12/h2-9H,10-11H2,1H3,(H2,19,21). The predicted molar refractivity (Wildman–Crippen MR) is 88.4 cm³/mol. The molecule has 0 aliphatic rings. The topological polar surface area (TPSA) is 72.6 Å². The van der Waals surface area contributed by atoms with Crippen LogP contribution in [0.15, 0.2) is 48.5 Å². The Balaban J connectivity index is 2.04. The zero-order valence-electron chi connectivity index (χ0n) is 12.7. The molecule has 0 saturated carbocycles. The van der Waals surface area contributed by atoms with Gasteiger partial charge in [-0.15, -0.1) is 0 Å². The van der Waals surface area contributed by atoms with Crippen LogP contribution in [0.4, 0.5) is 0 Å². The second-order valence-corrected chi connectivity index (χ2v) is 5.51. The first-order chi connectivity index (χ1) is 11.0. The van der Waals surface area contributed by atoms with Crippen LogP contribution < -0.4 is 10.5 Å². The molecule has 0 aliphatic heterocycles. The van der Waals surface area contributed by atoms with Crippen molar-refractivity contribution in [1.82, 2.24) is 4.90 Å². The molecule has 0 saturated heterocycles. The number of amides is 2. The van der Waals surface area contributed by atoms with Gasteiger partial charge < -0.3 is 15.4 Å². The number of likely N-dealkylation sites (N-methyl/N-ethyl adjacent to an activating group) is 1. The molecule has 6 heteroatoms. The lowest BCUT2D eigenvalue weighted by Gasteiger charge is -2.15. The maximum atomic E-state index is 12.2. The second-order valence-electron chi connectivity index (χ2n) is 5.07. The summed E-state index contributed by atoms with van der Waals surface area (Å²) in [4.78, 5) is 24.4. The highest BCUT2D eigenvalue weighted by molar-refractivity contribution is 6.30. The quantitative estimate of drug-likeness (QED) is 0.883. The first-order valence-corrected chi connectivity index (χ1v) is 7.34. The Bertz CT molecular complexity index is 718. The first-order valence-electron chi connectivity index (χ1n) is 6.97. The second kappa shape index (κ2) is 7.65. The lowest BCUT2D eigenvalue weighted by atomic mass is 10.2. The van der Waals surface area contributed by atoms with Gasteiger partial charge in [-0.25, -0.2) is 0 Å². The molecule has 2 aromatic carbocycles. The molecule has 0 heterocycles. The van der Waals surface area contributed by atoms with Crippen molar-refractivity contribution in [2.45, 2.75) is 6.61 Å². The first kappa shape index (κ1) is 16.8. The summed E-state index contributed by atoms with van der Waals surface area (Å²) in [5.74, 6) is -0.297. The lowest BCUT2D eigenvalue weighted by Crippen LogP contribution is -2.35. The SMILES string of the molecule is CN(CC(N)=O)C(=O)c1cccc(OCc2cccc(Cl)c2)c1. The van der Waals surface area contributed by atoms with Crippen molar-refractivity contribution < 1.29 is 14.3 Å². The molecule has 120 valence electrons. The van der Waals surface area contributed by atoms with Crippen LogP contribution in [0, 0.1) is 0 Å². The number of carbonyl (C=O) groups is 2. The average molecular weight is 333 g/mol. The minimum absolute atomic E-state index is 0.133. The Morgan fingerprint density at radius 2 is 1.91 bits per heavy atom. The van der Waals surface area contributed by atoms with E-state index >= 15 is 0 Å². The number of ether oxygens (including phenoxy) is 1. The van der Waals surface area contributed by atoms with E-state index in [4.69, 9.17) is 22.1 Å². The van der Waals surface area contributed by atoms with Gasteiger partial charge in [0.25, 0.3) is 5.91 Å². The molecule has 0 aromatic heterocycles. The molecule has 0 unspecified atom stereocenters. The summed E-state index contributed by atoms with van der Waals surface area (Å²) < 4.78 is 5.68. The zero-order chi connectivity index (χ0) is 16.8. The van der Waals surface area contributed by atoms with Crippen molar-refractivity contribution in [1.29, 1.82) is 0 Å². The van der Waals surface area contributed by atoms with Crippen LogP contribution in [0.3, 0.4) is 0 Å². The molecule has 23 heavy (non-hydrogen) atoms. The number of nitrogens with zero attached hydrogens (tertiary/aromatic N) is 1. The molecule has 5 nitrogen and oxygen atoms in total. The van der Waals surface area contributed by atoms with E-state index in [-0.39, 0.29) is 12.5 Å². The van der Waals surface area contributed by atoms with Gasteiger partial charge in [0.05, 0.1) is 6.54 Å². The Morgan fingerprint density at radius 1 is 1.17 bits per heavy atom. The summed E-state index contributed by atoms with van der Waals surface area (Å²) in [7, 11) is 1.52. The van der Waals surface area contributed by atoms with Crippen LogP contribution in [0.5, 0.6) is 5.75 Å². The van der Waals surface area contributed by atoms with Crippen molar-refractivity contribution in [3.8, 4) is 5.75 Å². The van der Waals surface area contributed by atoms with Gasteiger partial charge in [-0.1, -0.05) is 29.8 Å². The van der Waals surface area contributed by atoms with Gasteiger partial charge in [0.1, 0.15) is 12.4 Å². The molecular weight excluding hydrogens is 316 g/mol. The Morgan fingerprint density at radius 3 is 2.61 bits per heavy atom. The highest BCUT2D eigenvalue weighted by Gasteiger charge is 2.14. The Kier molecular flexibility index (Phi) is 5.60. The third-order valence-electron chi connectivity index (χ3n) is 3.12. The summed E-state index contributed by atoms with van der Waals surface area (Å²) >= 11 is 5.93. The van der Waals surface area contributed by atoms with Gasteiger partial charge >= 0.3 is 0 Å². The normalized spacial score (nSPS) is 10.2. The van der Waals surface area contributed by atoms with Gasteiger partial charge in [0.2, 0.25) is 5.91 Å². The van der Waals surface area contributed by atoms with E-state index in [2.05, 4.69) is 0 Å². The number of nitrogens with two attached hydrogens (primary N) is 1. The Labute approximate surface area is 139 Å². The molecule has 0 atom stereocenters. The summed E-state index contributed by atoms with van der Waals surface area (Å²) in [6.45, 7) is 0.210. The van der Waals surface area contributed by atoms with E-state index in [1.807, 2.05) is 18.2 Å². The largest absolute Gasteiger partial charge is 0.489 e. The maximum absolute atomic E-state index is 12.2. The predicted octanol–water partition coefficient (Wildman–Crippen LogP) is 2.48. The van der Waals surface area contributed by atoms with Crippen molar-refractivity contribution in [2.75, 3.05) is 13.6 Å². The number of primary amides is 1. The summed E-state index contributed by atoms with van der Waals surface area (Å²) in [5, 5.41) is 0.642. The van der Waals surface area contributed by atoms with Crippen LogP contribution in [-0.2, 0) is 11.4 Å². The van der Waals surface area contributed by atoms with Gasteiger partial charge in [0, 0.05) is 17.6 Å². The van der Waals surface area contributed by atoms with Gasteiger partial charge in [-0.2, -0.15) is 0 Å². The maximum Gasteiger partial charge on any atom is 0.254 e. The van der Waals surface area contributed by atoms with Crippen LogP contribution in [-0.4, -0.2) is 30.3 Å². The third kappa shape index (κ3) is 5.00. The molecule has 2 rings (SSSR count). The molecule has 0 bridgehead atoms. The van der Waals surface area contributed by atoms with E-state index in [1.54, 1.807) is 30.3 Å². The number of hydrogen-bond donors (Lipinski definition) is 1. The highest BCUT2D eigenvalue weighted by atomic mass is 35.5. The number of hydrogen-bond acceptors (Lipinski definition) is 3. The van der Waals surface area contributed by atoms with E-state index in [1.165, 1.54) is 11.9 Å². The molecule has 2 aromatic rings. The smallest absolute Gasteiger partial charge is 0.254 e. The molecule has 2 N–H and O–H groups in total. The van der Waals surface area contributed by atoms with Crippen LogP contribution >= 0.6 is 11.6 Å². The molecule has 0 aliphatic carbocycles. The van der Waals surface area contributed by atoms with Gasteiger partial charge in [-0.05, 0) is 35.9 Å². The van der Waals surface area contributed by atoms with E-state index in [0.717, 1.165) is 5.56 Å². The van der Waals surface area contributed by atoms with Crippen LogP contribution in [0.25, 0.3) is 0 Å². The monoisotopic (exact) mass is 332 g/mol. The van der Waals surface area contributed by atoms with Crippen LogP contribution in [0.1, 0.15) is 15.9 Å². The number of carbonyl (C=O) groups excluding carboxylic acids is 2. The molecule has 0 fully saturated rings. The fourth-order valence-electron chi connectivity index (χ4n) is 2.04. The van der Waals surface area contributed by atoms with Crippen molar-refractivity contribution >= 4 is 23.4 Å². The van der Waals surface area contributed by atoms with Gasteiger partial charge in [-0.3, -0.25) is 9.59 Å². The van der Waals surface area contributed by atoms with E-state index < -0.39 is 5.91 Å². The molecule has 0 radical (unpaired) electrons. The summed E-state index contributed by atoms with van der Waals surface area (Å²) in [5.41, 5.74) is 6.45.